The van der Waals surface area contributed by atoms with Crippen LogP contribution >= 0.6 is 0 Å². The molecule has 2 amide bonds. The van der Waals surface area contributed by atoms with Crippen molar-refractivity contribution < 1.29 is 9.59 Å². The Morgan fingerprint density at radius 2 is 1.60 bits per heavy atom. The first-order chi connectivity index (χ1) is 12.1. The predicted molar refractivity (Wildman–Crippen MR) is 97.9 cm³/mol. The molecule has 0 aromatic heterocycles. The molecule has 1 aromatic rings. The van der Waals surface area contributed by atoms with Crippen LogP contribution in [0.1, 0.15) is 32.3 Å². The van der Waals surface area contributed by atoms with Crippen molar-refractivity contribution in [2.75, 3.05) is 39.3 Å². The van der Waals surface area contributed by atoms with Gasteiger partial charge in [0.05, 0.1) is 0 Å². The third-order valence-corrected chi connectivity index (χ3v) is 5.53. The first-order valence-corrected chi connectivity index (χ1v) is 9.45. The Balaban J connectivity index is 1.56. The first-order valence-electron chi connectivity index (χ1n) is 9.45. The van der Waals surface area contributed by atoms with E-state index in [1.54, 1.807) is 4.90 Å². The van der Waals surface area contributed by atoms with Crippen molar-refractivity contribution in [3.05, 3.63) is 35.9 Å². The summed E-state index contributed by atoms with van der Waals surface area (Å²) in [5.41, 5.74) is 0.561. The van der Waals surface area contributed by atoms with Gasteiger partial charge in [-0.05, 0) is 32.3 Å². The van der Waals surface area contributed by atoms with Crippen molar-refractivity contribution in [1.82, 2.24) is 14.7 Å². The zero-order valence-corrected chi connectivity index (χ0v) is 15.4. The molecule has 0 unspecified atom stereocenters. The summed E-state index contributed by atoms with van der Waals surface area (Å²) in [6, 6.07) is 10.4. The van der Waals surface area contributed by atoms with Gasteiger partial charge in [-0.25, -0.2) is 0 Å². The van der Waals surface area contributed by atoms with Crippen molar-refractivity contribution in [3.63, 3.8) is 0 Å². The molecule has 5 nitrogen and oxygen atoms in total. The van der Waals surface area contributed by atoms with Gasteiger partial charge in [0.2, 0.25) is 11.8 Å². The number of carbonyl (C=O) groups is 2. The van der Waals surface area contributed by atoms with Crippen LogP contribution in [0.4, 0.5) is 0 Å². The maximum Gasteiger partial charge on any atom is 0.238 e. The Morgan fingerprint density at radius 3 is 2.12 bits per heavy atom. The van der Waals surface area contributed by atoms with Crippen LogP contribution in [-0.2, 0) is 16.1 Å². The largest absolute Gasteiger partial charge is 0.342 e. The lowest BCUT2D eigenvalue weighted by Crippen LogP contribution is -2.53. The fourth-order valence-corrected chi connectivity index (χ4v) is 3.71. The van der Waals surface area contributed by atoms with Crippen molar-refractivity contribution in [2.24, 2.45) is 5.41 Å². The molecule has 1 aliphatic heterocycles. The van der Waals surface area contributed by atoms with Crippen LogP contribution in [0.15, 0.2) is 30.3 Å². The Morgan fingerprint density at radius 1 is 1.00 bits per heavy atom. The van der Waals surface area contributed by atoms with Gasteiger partial charge in [-0.1, -0.05) is 30.3 Å². The van der Waals surface area contributed by atoms with E-state index >= 15 is 0 Å². The van der Waals surface area contributed by atoms with Crippen molar-refractivity contribution in [1.29, 1.82) is 0 Å². The van der Waals surface area contributed by atoms with Crippen LogP contribution in [0.25, 0.3) is 0 Å². The van der Waals surface area contributed by atoms with Crippen LogP contribution in [0.2, 0.25) is 0 Å². The van der Waals surface area contributed by atoms with E-state index in [2.05, 4.69) is 29.2 Å². The minimum Gasteiger partial charge on any atom is -0.342 e. The fourth-order valence-electron chi connectivity index (χ4n) is 3.71. The number of rotatable bonds is 6. The van der Waals surface area contributed by atoms with Gasteiger partial charge in [-0.15, -0.1) is 0 Å². The van der Waals surface area contributed by atoms with E-state index in [0.29, 0.717) is 25.9 Å². The lowest BCUT2D eigenvalue weighted by Gasteiger charge is -2.37. The quantitative estimate of drug-likeness (QED) is 0.742. The molecule has 0 radical (unpaired) electrons. The Kier molecular flexibility index (Phi) is 5.42. The van der Waals surface area contributed by atoms with Gasteiger partial charge in [-0.3, -0.25) is 14.5 Å². The maximum absolute atomic E-state index is 13.0. The second-order valence-corrected chi connectivity index (χ2v) is 7.11. The maximum atomic E-state index is 13.0. The van der Waals surface area contributed by atoms with Gasteiger partial charge in [-0.2, -0.15) is 0 Å². The van der Waals surface area contributed by atoms with E-state index in [4.69, 9.17) is 0 Å². The summed E-state index contributed by atoms with van der Waals surface area (Å²) in [6.45, 7) is 9.41. The second kappa shape index (κ2) is 7.56. The Bertz CT molecular complexity index is 601. The average Bonchev–Trinajstić information content (AvgIpc) is 3.45. The van der Waals surface area contributed by atoms with Crippen LogP contribution in [0, 0.1) is 5.41 Å². The highest BCUT2D eigenvalue weighted by atomic mass is 16.2. The predicted octanol–water partition coefficient (Wildman–Crippen LogP) is 1.98. The molecule has 1 saturated carbocycles. The third-order valence-electron chi connectivity index (χ3n) is 5.53. The Labute approximate surface area is 150 Å². The third kappa shape index (κ3) is 3.71. The molecule has 25 heavy (non-hydrogen) atoms. The fraction of sp³-hybridized carbons (Fsp3) is 0.600. The molecular formula is C20H29N3O2. The normalized spacial score (nSPS) is 19.5. The molecule has 5 heteroatoms. The van der Waals surface area contributed by atoms with Crippen LogP contribution in [0.5, 0.6) is 0 Å². The average molecular weight is 343 g/mol. The van der Waals surface area contributed by atoms with Crippen molar-refractivity contribution >= 4 is 11.8 Å². The van der Waals surface area contributed by atoms with Crippen molar-refractivity contribution in [2.45, 2.75) is 33.2 Å². The van der Waals surface area contributed by atoms with Crippen molar-refractivity contribution in [3.8, 4) is 0 Å². The second-order valence-electron chi connectivity index (χ2n) is 7.11. The zero-order chi connectivity index (χ0) is 17.9. The number of hydrogen-bond donors (Lipinski definition) is 0. The van der Waals surface area contributed by atoms with E-state index in [0.717, 1.165) is 32.7 Å². The molecule has 0 spiro atoms. The van der Waals surface area contributed by atoms with E-state index in [-0.39, 0.29) is 11.8 Å². The molecular weight excluding hydrogens is 314 g/mol. The minimum absolute atomic E-state index is 0.0363. The molecule has 0 bridgehead atoms. The first kappa shape index (κ1) is 17.9. The van der Waals surface area contributed by atoms with Crippen LogP contribution in [0.3, 0.4) is 0 Å². The molecule has 0 N–H and O–H groups in total. The lowest BCUT2D eigenvalue weighted by molar-refractivity contribution is -0.150. The molecule has 2 fully saturated rings. The van der Waals surface area contributed by atoms with Gasteiger partial charge < -0.3 is 9.80 Å². The lowest BCUT2D eigenvalue weighted by atomic mass is 10.0. The van der Waals surface area contributed by atoms with Gasteiger partial charge >= 0.3 is 0 Å². The Hall–Kier alpha value is -1.88. The number of amides is 2. The van der Waals surface area contributed by atoms with Crippen LogP contribution in [-0.4, -0.2) is 65.8 Å². The highest BCUT2D eigenvalue weighted by Crippen LogP contribution is 2.49. The van der Waals surface area contributed by atoms with E-state index in [9.17, 15) is 9.59 Å². The molecule has 1 heterocycles. The number of carbonyl (C=O) groups excluding carboxylic acids is 2. The van der Waals surface area contributed by atoms with E-state index in [1.807, 2.05) is 24.8 Å². The minimum atomic E-state index is -0.742. The highest BCUT2D eigenvalue weighted by Gasteiger charge is 2.59. The summed E-state index contributed by atoms with van der Waals surface area (Å²) < 4.78 is 0. The SMILES string of the molecule is CCN(CC)C(=O)C1(C(=O)N2CCN(Cc3ccccc3)CC2)CC1. The molecule has 1 saturated heterocycles. The van der Waals surface area contributed by atoms with Gasteiger partial charge in [0.15, 0.2) is 0 Å². The monoisotopic (exact) mass is 343 g/mol. The standard InChI is InChI=1S/C20H29N3O2/c1-3-22(4-2)18(24)20(10-11-20)19(25)23-14-12-21(13-15-23)16-17-8-6-5-7-9-17/h5-9H,3-4,10-16H2,1-2H3. The number of hydrogen-bond acceptors (Lipinski definition) is 3. The van der Waals surface area contributed by atoms with Gasteiger partial charge in [0.25, 0.3) is 0 Å². The number of benzene rings is 1. The molecule has 3 rings (SSSR count). The smallest absolute Gasteiger partial charge is 0.238 e. The summed E-state index contributed by atoms with van der Waals surface area (Å²) in [5, 5.41) is 0. The zero-order valence-electron chi connectivity index (χ0n) is 15.4. The molecule has 1 aromatic carbocycles. The van der Waals surface area contributed by atoms with E-state index < -0.39 is 5.41 Å². The van der Waals surface area contributed by atoms with Crippen LogP contribution < -0.4 is 0 Å². The van der Waals surface area contributed by atoms with Gasteiger partial charge in [0, 0.05) is 45.8 Å². The summed E-state index contributed by atoms with van der Waals surface area (Å²) in [6.07, 6.45) is 1.43. The summed E-state index contributed by atoms with van der Waals surface area (Å²) in [5.74, 6) is 0.0953. The summed E-state index contributed by atoms with van der Waals surface area (Å²) >= 11 is 0. The highest BCUT2D eigenvalue weighted by molar-refractivity contribution is 6.07. The number of piperazine rings is 1. The van der Waals surface area contributed by atoms with Gasteiger partial charge in [0.1, 0.15) is 5.41 Å². The van der Waals surface area contributed by atoms with E-state index in [1.165, 1.54) is 5.56 Å². The summed E-state index contributed by atoms with van der Waals surface area (Å²) in [4.78, 5) is 31.8. The topological polar surface area (TPSA) is 43.9 Å². The number of nitrogens with zero attached hydrogens (tertiary/aromatic N) is 3. The molecule has 1 aliphatic carbocycles. The molecule has 136 valence electrons. The summed E-state index contributed by atoms with van der Waals surface area (Å²) in [7, 11) is 0. The molecule has 0 atom stereocenters. The molecule has 2 aliphatic rings.